The molecule has 4 rings (SSSR count). The van der Waals surface area contributed by atoms with Crippen LogP contribution in [0.25, 0.3) is 11.7 Å². The van der Waals surface area contributed by atoms with Gasteiger partial charge in [0.05, 0.1) is 24.9 Å². The van der Waals surface area contributed by atoms with E-state index in [1.54, 1.807) is 17.9 Å². The summed E-state index contributed by atoms with van der Waals surface area (Å²) in [6, 6.07) is 0.00796. The van der Waals surface area contributed by atoms with Crippen LogP contribution in [0.3, 0.4) is 0 Å². The number of hydrogen-bond donors (Lipinski definition) is 2. The Labute approximate surface area is 191 Å². The number of morpholine rings is 1. The molecule has 2 aliphatic rings. The number of hydrogen-bond acceptors (Lipinski definition) is 6. The summed E-state index contributed by atoms with van der Waals surface area (Å²) < 4.78 is 8.09. The highest BCUT2D eigenvalue weighted by Crippen LogP contribution is 2.25. The zero-order valence-corrected chi connectivity index (χ0v) is 19.5. The number of nitrogens with zero attached hydrogens (tertiary/aromatic N) is 4. The lowest BCUT2D eigenvalue weighted by molar-refractivity contribution is -0.133. The van der Waals surface area contributed by atoms with Crippen molar-refractivity contribution in [2.75, 3.05) is 19.8 Å². The number of nitrogens with one attached hydrogen (secondary N) is 1. The molecule has 10 nitrogen and oxygen atoms in total. The third-order valence-electron chi connectivity index (χ3n) is 5.95. The Balaban J connectivity index is 1.80. The quantitative estimate of drug-likeness (QED) is 0.632. The lowest BCUT2D eigenvalue weighted by Crippen LogP contribution is -2.46. The lowest BCUT2D eigenvalue weighted by atomic mass is 10.1. The molecule has 1 atom stereocenters. The molecule has 0 aromatic carbocycles. The number of aryl methyl sites for hydroxylation is 1. The van der Waals surface area contributed by atoms with Crippen LogP contribution in [0.1, 0.15) is 55.2 Å². The van der Waals surface area contributed by atoms with Gasteiger partial charge in [0.15, 0.2) is 5.56 Å². The topological polar surface area (TPSA) is 118 Å². The fraction of sp³-hybridized carbons (Fsp3) is 0.565. The minimum absolute atomic E-state index is 0.0309. The largest absolute Gasteiger partial charge is 0.492 e. The minimum Gasteiger partial charge on any atom is -0.492 e. The normalized spacial score (nSPS) is 19.1. The van der Waals surface area contributed by atoms with Gasteiger partial charge in [-0.15, -0.1) is 0 Å². The average Bonchev–Trinajstić information content (AvgIpc) is 3.50. The van der Waals surface area contributed by atoms with Gasteiger partial charge in [0.2, 0.25) is 11.8 Å². The fourth-order valence-electron chi connectivity index (χ4n) is 4.09. The van der Waals surface area contributed by atoms with Crippen molar-refractivity contribution < 1.29 is 19.4 Å². The van der Waals surface area contributed by atoms with Crippen LogP contribution in [-0.2, 0) is 16.1 Å². The molecule has 178 valence electrons. The Morgan fingerprint density at radius 3 is 2.70 bits per heavy atom. The van der Waals surface area contributed by atoms with Gasteiger partial charge >= 0.3 is 0 Å². The molecular formula is C23H31N5O5. The number of fused-ring (bicyclic) bond motifs is 1. The SMILES string of the molecule is Cc1nn2c(O)c(C(=O)NC3CC3)c(=O)n(CC(C)C)c2c1/C=C/C(=O)N1CCOC[C@@H]1C. The second kappa shape index (κ2) is 9.01. The van der Waals surface area contributed by atoms with Crippen molar-refractivity contribution in [1.29, 1.82) is 0 Å². The molecule has 1 aliphatic heterocycles. The molecule has 10 heteroatoms. The van der Waals surface area contributed by atoms with Crippen LogP contribution in [0.2, 0.25) is 0 Å². The van der Waals surface area contributed by atoms with Crippen LogP contribution < -0.4 is 10.9 Å². The Kier molecular flexibility index (Phi) is 6.29. The van der Waals surface area contributed by atoms with Crippen LogP contribution in [0.5, 0.6) is 5.88 Å². The van der Waals surface area contributed by atoms with Crippen LogP contribution in [0, 0.1) is 12.8 Å². The van der Waals surface area contributed by atoms with Crippen LogP contribution in [-0.4, -0.2) is 67.8 Å². The molecule has 0 radical (unpaired) electrons. The Morgan fingerprint density at radius 1 is 1.33 bits per heavy atom. The van der Waals surface area contributed by atoms with Crippen LogP contribution in [0.4, 0.5) is 0 Å². The highest BCUT2D eigenvalue weighted by molar-refractivity contribution is 5.97. The maximum atomic E-state index is 13.4. The third-order valence-corrected chi connectivity index (χ3v) is 5.95. The molecule has 1 saturated carbocycles. The van der Waals surface area contributed by atoms with Crippen molar-refractivity contribution in [2.45, 2.75) is 59.2 Å². The summed E-state index contributed by atoms with van der Waals surface area (Å²) in [4.78, 5) is 40.6. The number of aromatic hydroxyl groups is 1. The second-order valence-corrected chi connectivity index (χ2v) is 9.28. The smallest absolute Gasteiger partial charge is 0.270 e. The maximum Gasteiger partial charge on any atom is 0.270 e. The van der Waals surface area contributed by atoms with Crippen molar-refractivity contribution in [3.63, 3.8) is 0 Å². The van der Waals surface area contributed by atoms with Gasteiger partial charge in [-0.25, -0.2) is 0 Å². The Hall–Kier alpha value is -3.14. The molecule has 1 saturated heterocycles. The summed E-state index contributed by atoms with van der Waals surface area (Å²) in [5.41, 5.74) is 0.541. The summed E-state index contributed by atoms with van der Waals surface area (Å²) in [5, 5.41) is 18.0. The lowest BCUT2D eigenvalue weighted by Gasteiger charge is -2.32. The number of amides is 2. The molecular weight excluding hydrogens is 426 g/mol. The molecule has 0 spiro atoms. The number of aromatic nitrogens is 3. The Morgan fingerprint density at radius 2 is 2.06 bits per heavy atom. The molecule has 2 N–H and O–H groups in total. The fourth-order valence-corrected chi connectivity index (χ4v) is 4.09. The van der Waals surface area contributed by atoms with Gasteiger partial charge in [-0.2, -0.15) is 9.61 Å². The van der Waals surface area contributed by atoms with Crippen molar-refractivity contribution >= 4 is 23.5 Å². The molecule has 33 heavy (non-hydrogen) atoms. The molecule has 3 heterocycles. The van der Waals surface area contributed by atoms with E-state index in [9.17, 15) is 19.5 Å². The molecule has 2 aromatic heterocycles. The molecule has 0 bridgehead atoms. The van der Waals surface area contributed by atoms with Crippen molar-refractivity contribution in [1.82, 2.24) is 24.4 Å². The highest BCUT2D eigenvalue weighted by atomic mass is 16.5. The van der Waals surface area contributed by atoms with E-state index in [2.05, 4.69) is 10.4 Å². The van der Waals surface area contributed by atoms with E-state index in [0.717, 1.165) is 12.8 Å². The van der Waals surface area contributed by atoms with E-state index >= 15 is 0 Å². The zero-order valence-electron chi connectivity index (χ0n) is 19.5. The van der Waals surface area contributed by atoms with Gasteiger partial charge in [-0.05, 0) is 38.7 Å². The number of ether oxygens (including phenoxy) is 1. The first-order valence-electron chi connectivity index (χ1n) is 11.4. The van der Waals surface area contributed by atoms with E-state index in [-0.39, 0.29) is 29.5 Å². The molecule has 2 fully saturated rings. The third kappa shape index (κ3) is 4.52. The van der Waals surface area contributed by atoms with Crippen molar-refractivity contribution in [3.05, 3.63) is 33.3 Å². The number of carbonyl (C=O) groups excluding carboxylic acids is 2. The predicted molar refractivity (Wildman–Crippen MR) is 122 cm³/mol. The average molecular weight is 458 g/mol. The first kappa shape index (κ1) is 23.0. The first-order chi connectivity index (χ1) is 15.7. The summed E-state index contributed by atoms with van der Waals surface area (Å²) in [6.07, 6.45) is 4.81. The standard InChI is InChI=1S/C23H31N5O5/c1-13(2)11-27-21-17(7-8-18(29)26-9-10-33-12-14(26)3)15(4)25-28(21)23(32)19(22(27)31)20(30)24-16-5-6-16/h7-8,13-14,16,32H,5-6,9-12H2,1-4H3,(H,24,30)/b8-7+/t14-/m0/s1. The van der Waals surface area contributed by atoms with E-state index in [4.69, 9.17) is 4.74 Å². The highest BCUT2D eigenvalue weighted by Gasteiger charge is 2.30. The minimum atomic E-state index is -0.596. The summed E-state index contributed by atoms with van der Waals surface area (Å²) in [5.74, 6) is -1.16. The van der Waals surface area contributed by atoms with E-state index in [0.29, 0.717) is 43.2 Å². The molecule has 1 aliphatic carbocycles. The van der Waals surface area contributed by atoms with E-state index in [1.165, 1.54) is 15.2 Å². The number of carbonyl (C=O) groups is 2. The van der Waals surface area contributed by atoms with Gasteiger partial charge < -0.3 is 20.1 Å². The van der Waals surface area contributed by atoms with Gasteiger partial charge in [-0.3, -0.25) is 19.0 Å². The first-order valence-corrected chi connectivity index (χ1v) is 11.4. The van der Waals surface area contributed by atoms with Crippen LogP contribution >= 0.6 is 0 Å². The Bertz CT molecular complexity index is 1170. The van der Waals surface area contributed by atoms with Crippen molar-refractivity contribution in [3.8, 4) is 5.88 Å². The second-order valence-electron chi connectivity index (χ2n) is 9.28. The summed E-state index contributed by atoms with van der Waals surface area (Å²) >= 11 is 0. The predicted octanol–water partition coefficient (Wildman–Crippen LogP) is 1.32. The monoisotopic (exact) mass is 457 g/mol. The molecule has 2 amide bonds. The van der Waals surface area contributed by atoms with E-state index < -0.39 is 17.3 Å². The summed E-state index contributed by atoms with van der Waals surface area (Å²) in [7, 11) is 0. The van der Waals surface area contributed by atoms with Crippen LogP contribution in [0.15, 0.2) is 10.9 Å². The van der Waals surface area contributed by atoms with Crippen molar-refractivity contribution in [2.24, 2.45) is 5.92 Å². The molecule has 2 aromatic rings. The molecule has 0 unspecified atom stereocenters. The van der Waals surface area contributed by atoms with E-state index in [1.807, 2.05) is 20.8 Å². The zero-order chi connectivity index (χ0) is 23.9. The maximum absolute atomic E-state index is 13.4. The summed E-state index contributed by atoms with van der Waals surface area (Å²) in [6.45, 7) is 9.41. The van der Waals surface area contributed by atoms with Gasteiger partial charge in [-0.1, -0.05) is 13.8 Å². The van der Waals surface area contributed by atoms with Gasteiger partial charge in [0.1, 0.15) is 5.65 Å². The van der Waals surface area contributed by atoms with Gasteiger partial charge in [0.25, 0.3) is 11.5 Å². The number of rotatable bonds is 6. The van der Waals surface area contributed by atoms with Gasteiger partial charge in [0, 0.05) is 30.8 Å².